The maximum atomic E-state index is 11.9. The molecule has 1 aromatic carbocycles. The molecule has 0 radical (unpaired) electrons. The second kappa shape index (κ2) is 6.92. The van der Waals surface area contributed by atoms with E-state index in [1.54, 1.807) is 37.0 Å². The summed E-state index contributed by atoms with van der Waals surface area (Å²) in [5.74, 6) is 2.16. The van der Waals surface area contributed by atoms with Gasteiger partial charge in [0.25, 0.3) is 5.91 Å². The van der Waals surface area contributed by atoms with Crippen molar-refractivity contribution in [1.29, 1.82) is 0 Å². The first kappa shape index (κ1) is 16.3. The summed E-state index contributed by atoms with van der Waals surface area (Å²) in [6.45, 7) is 0. The van der Waals surface area contributed by atoms with E-state index in [4.69, 9.17) is 4.42 Å². The van der Waals surface area contributed by atoms with Crippen molar-refractivity contribution in [2.45, 2.75) is 10.9 Å². The Hall–Kier alpha value is -2.54. The molecule has 0 saturated carbocycles. The molecule has 0 fully saturated rings. The van der Waals surface area contributed by atoms with Crippen molar-refractivity contribution in [3.05, 3.63) is 53.8 Å². The number of benzene rings is 1. The monoisotopic (exact) mass is 342 g/mol. The third-order valence-corrected chi connectivity index (χ3v) is 4.64. The van der Waals surface area contributed by atoms with Gasteiger partial charge in [0.05, 0.1) is 6.26 Å². The summed E-state index contributed by atoms with van der Waals surface area (Å²) in [6, 6.07) is 11.3. The molecule has 7 heteroatoms. The van der Waals surface area contributed by atoms with Crippen LogP contribution in [0.5, 0.6) is 0 Å². The highest BCUT2D eigenvalue weighted by atomic mass is 32.2. The van der Waals surface area contributed by atoms with E-state index in [2.05, 4.69) is 10.2 Å². The van der Waals surface area contributed by atoms with Crippen LogP contribution in [0.1, 0.15) is 15.9 Å². The summed E-state index contributed by atoms with van der Waals surface area (Å²) in [4.78, 5) is 13.5. The second-order valence-electron chi connectivity index (χ2n) is 5.53. The van der Waals surface area contributed by atoms with Crippen molar-refractivity contribution in [2.75, 3.05) is 14.1 Å². The minimum atomic E-state index is 0.00518. The normalized spacial score (nSPS) is 10.8. The molecule has 0 spiro atoms. The summed E-state index contributed by atoms with van der Waals surface area (Å²) >= 11 is 1.59. The van der Waals surface area contributed by atoms with Gasteiger partial charge in [-0.05, 0) is 29.8 Å². The Labute approximate surface area is 144 Å². The van der Waals surface area contributed by atoms with Gasteiger partial charge in [-0.25, -0.2) is 0 Å². The van der Waals surface area contributed by atoms with Crippen LogP contribution in [0.2, 0.25) is 0 Å². The number of carbonyl (C=O) groups is 1. The van der Waals surface area contributed by atoms with E-state index in [0.717, 1.165) is 16.5 Å². The van der Waals surface area contributed by atoms with Crippen molar-refractivity contribution in [1.82, 2.24) is 19.7 Å². The van der Waals surface area contributed by atoms with E-state index in [0.29, 0.717) is 17.1 Å². The van der Waals surface area contributed by atoms with Crippen molar-refractivity contribution in [3.8, 4) is 11.6 Å². The van der Waals surface area contributed by atoms with Crippen LogP contribution in [0.4, 0.5) is 0 Å². The van der Waals surface area contributed by atoms with Gasteiger partial charge in [0.2, 0.25) is 0 Å². The molecule has 0 aliphatic rings. The van der Waals surface area contributed by atoms with Crippen molar-refractivity contribution < 1.29 is 9.21 Å². The van der Waals surface area contributed by atoms with Gasteiger partial charge in [-0.3, -0.25) is 4.79 Å². The minimum absolute atomic E-state index is 0.00518. The standard InChI is InChI=1S/C17H18N4O2S/c1-20(2)16(22)13-8-6-12(7-9-13)11-24-17-19-18-15(21(17)3)14-5-4-10-23-14/h4-10H,11H2,1-3H3. The number of carbonyl (C=O) groups excluding carboxylic acids is 1. The molecule has 3 aromatic rings. The molecular formula is C17H18N4O2S. The Morgan fingerprint density at radius 2 is 1.96 bits per heavy atom. The summed E-state index contributed by atoms with van der Waals surface area (Å²) in [5, 5.41) is 9.20. The fourth-order valence-corrected chi connectivity index (χ4v) is 3.08. The number of nitrogens with zero attached hydrogens (tertiary/aromatic N) is 4. The zero-order valence-corrected chi connectivity index (χ0v) is 14.6. The summed E-state index contributed by atoms with van der Waals surface area (Å²) < 4.78 is 7.27. The van der Waals surface area contributed by atoms with Gasteiger partial charge < -0.3 is 13.9 Å². The lowest BCUT2D eigenvalue weighted by Gasteiger charge is -2.10. The van der Waals surface area contributed by atoms with Crippen LogP contribution < -0.4 is 0 Å². The van der Waals surface area contributed by atoms with Gasteiger partial charge >= 0.3 is 0 Å². The Balaban J connectivity index is 1.67. The van der Waals surface area contributed by atoms with Crippen LogP contribution in [0.25, 0.3) is 11.6 Å². The van der Waals surface area contributed by atoms with Crippen LogP contribution in [-0.4, -0.2) is 39.7 Å². The highest BCUT2D eigenvalue weighted by Gasteiger charge is 2.13. The van der Waals surface area contributed by atoms with Crippen molar-refractivity contribution >= 4 is 17.7 Å². The molecule has 0 aliphatic heterocycles. The lowest BCUT2D eigenvalue weighted by Crippen LogP contribution is -2.21. The fourth-order valence-electron chi connectivity index (χ4n) is 2.21. The van der Waals surface area contributed by atoms with Crippen LogP contribution >= 0.6 is 11.8 Å². The second-order valence-corrected chi connectivity index (χ2v) is 6.47. The SMILES string of the molecule is CN(C)C(=O)c1ccc(CSc2nnc(-c3ccco3)n2C)cc1. The lowest BCUT2D eigenvalue weighted by molar-refractivity contribution is 0.0827. The number of thioether (sulfide) groups is 1. The number of rotatable bonds is 5. The average Bonchev–Trinajstić information content (AvgIpc) is 3.22. The Kier molecular flexibility index (Phi) is 4.71. The summed E-state index contributed by atoms with van der Waals surface area (Å²) in [6.07, 6.45) is 1.62. The van der Waals surface area contributed by atoms with Crippen LogP contribution in [0.3, 0.4) is 0 Å². The predicted molar refractivity (Wildman–Crippen MR) is 92.7 cm³/mol. The molecule has 2 aromatic heterocycles. The van der Waals surface area contributed by atoms with Gasteiger partial charge in [-0.1, -0.05) is 23.9 Å². The van der Waals surface area contributed by atoms with E-state index in [1.807, 2.05) is 48.0 Å². The Bertz CT molecular complexity index is 823. The van der Waals surface area contributed by atoms with Gasteiger partial charge in [0.15, 0.2) is 16.7 Å². The first-order valence-corrected chi connectivity index (χ1v) is 8.41. The number of hydrogen-bond donors (Lipinski definition) is 0. The molecule has 0 bridgehead atoms. The van der Waals surface area contributed by atoms with Gasteiger partial charge in [-0.2, -0.15) is 0 Å². The van der Waals surface area contributed by atoms with Gasteiger partial charge in [-0.15, -0.1) is 10.2 Å². The van der Waals surface area contributed by atoms with Gasteiger partial charge in [0, 0.05) is 32.5 Å². The van der Waals surface area contributed by atoms with Crippen molar-refractivity contribution in [2.24, 2.45) is 7.05 Å². The zero-order valence-electron chi connectivity index (χ0n) is 13.8. The first-order chi connectivity index (χ1) is 11.6. The molecule has 0 atom stereocenters. The molecule has 0 aliphatic carbocycles. The average molecular weight is 342 g/mol. The van der Waals surface area contributed by atoms with Crippen LogP contribution in [-0.2, 0) is 12.8 Å². The topological polar surface area (TPSA) is 64.2 Å². The van der Waals surface area contributed by atoms with E-state index in [1.165, 1.54) is 0 Å². The van der Waals surface area contributed by atoms with E-state index < -0.39 is 0 Å². The predicted octanol–water partition coefficient (Wildman–Crippen LogP) is 3.07. The smallest absolute Gasteiger partial charge is 0.253 e. The number of aromatic nitrogens is 3. The minimum Gasteiger partial charge on any atom is -0.461 e. The summed E-state index contributed by atoms with van der Waals surface area (Å²) in [7, 11) is 5.41. The van der Waals surface area contributed by atoms with Gasteiger partial charge in [0.1, 0.15) is 0 Å². The zero-order chi connectivity index (χ0) is 17.1. The molecular weight excluding hydrogens is 324 g/mol. The Morgan fingerprint density at radius 1 is 1.21 bits per heavy atom. The van der Waals surface area contributed by atoms with E-state index in [-0.39, 0.29) is 5.91 Å². The number of hydrogen-bond acceptors (Lipinski definition) is 5. The lowest BCUT2D eigenvalue weighted by atomic mass is 10.1. The molecule has 0 unspecified atom stereocenters. The number of amides is 1. The van der Waals surface area contributed by atoms with E-state index in [9.17, 15) is 4.79 Å². The van der Waals surface area contributed by atoms with Crippen LogP contribution in [0.15, 0.2) is 52.2 Å². The van der Waals surface area contributed by atoms with E-state index >= 15 is 0 Å². The quantitative estimate of drug-likeness (QED) is 0.667. The highest BCUT2D eigenvalue weighted by Crippen LogP contribution is 2.25. The molecule has 1 amide bonds. The largest absolute Gasteiger partial charge is 0.461 e. The molecule has 24 heavy (non-hydrogen) atoms. The maximum absolute atomic E-state index is 11.9. The molecule has 0 N–H and O–H groups in total. The van der Waals surface area contributed by atoms with Crippen molar-refractivity contribution in [3.63, 3.8) is 0 Å². The highest BCUT2D eigenvalue weighted by molar-refractivity contribution is 7.98. The third kappa shape index (κ3) is 3.35. The van der Waals surface area contributed by atoms with Crippen LogP contribution in [0, 0.1) is 0 Å². The number of furan rings is 1. The third-order valence-electron chi connectivity index (χ3n) is 3.55. The summed E-state index contributed by atoms with van der Waals surface area (Å²) in [5.41, 5.74) is 1.81. The molecule has 2 heterocycles. The molecule has 3 rings (SSSR count). The Morgan fingerprint density at radius 3 is 2.58 bits per heavy atom. The molecule has 0 saturated heterocycles. The molecule has 6 nitrogen and oxygen atoms in total. The molecule has 124 valence electrons. The maximum Gasteiger partial charge on any atom is 0.253 e. The fraction of sp³-hybridized carbons (Fsp3) is 0.235. The first-order valence-electron chi connectivity index (χ1n) is 7.43.